The van der Waals surface area contributed by atoms with Crippen LogP contribution in [0.5, 0.6) is 0 Å². The van der Waals surface area contributed by atoms with Gasteiger partial charge in [-0.2, -0.15) is 0 Å². The highest BCUT2D eigenvalue weighted by atomic mass is 32.2. The van der Waals surface area contributed by atoms with Gasteiger partial charge in [0.1, 0.15) is 0 Å². The molecule has 0 fully saturated rings. The highest BCUT2D eigenvalue weighted by Gasteiger charge is 2.25. The Kier molecular flexibility index (Phi) is 7.10. The summed E-state index contributed by atoms with van der Waals surface area (Å²) in [5, 5.41) is 12.1. The number of hydrogen-bond acceptors (Lipinski definition) is 3. The van der Waals surface area contributed by atoms with Crippen LogP contribution in [0.15, 0.2) is 30.3 Å². The highest BCUT2D eigenvalue weighted by Crippen LogP contribution is 2.22. The van der Waals surface area contributed by atoms with Gasteiger partial charge in [0.15, 0.2) is 0 Å². The molecular formula is C16H25NO2S. The third-order valence-corrected chi connectivity index (χ3v) is 4.15. The van der Waals surface area contributed by atoms with Crippen molar-refractivity contribution in [3.8, 4) is 0 Å². The molecule has 0 saturated heterocycles. The van der Waals surface area contributed by atoms with E-state index in [1.807, 2.05) is 18.2 Å². The molecule has 1 unspecified atom stereocenters. The number of thioether (sulfide) groups is 1. The monoisotopic (exact) mass is 295 g/mol. The van der Waals surface area contributed by atoms with E-state index in [4.69, 9.17) is 5.11 Å². The van der Waals surface area contributed by atoms with E-state index in [-0.39, 0.29) is 24.0 Å². The van der Waals surface area contributed by atoms with Gasteiger partial charge in [-0.1, -0.05) is 51.1 Å². The zero-order valence-electron chi connectivity index (χ0n) is 12.6. The first-order valence-electron chi connectivity index (χ1n) is 6.95. The zero-order chi connectivity index (χ0) is 15.0. The van der Waals surface area contributed by atoms with E-state index in [2.05, 4.69) is 38.2 Å². The number of aliphatic hydroxyl groups excluding tert-OH is 1. The van der Waals surface area contributed by atoms with Gasteiger partial charge in [-0.25, -0.2) is 0 Å². The summed E-state index contributed by atoms with van der Waals surface area (Å²) >= 11 is 1.61. The summed E-state index contributed by atoms with van der Waals surface area (Å²) in [6.07, 6.45) is 0.596. The van der Waals surface area contributed by atoms with Crippen molar-refractivity contribution < 1.29 is 9.90 Å². The number of amides is 1. The third-order valence-electron chi connectivity index (χ3n) is 3.14. The molecule has 0 heterocycles. The Bertz CT molecular complexity index is 401. The summed E-state index contributed by atoms with van der Waals surface area (Å²) in [5.74, 6) is 1.33. The standard InChI is InChI=1S/C16H25NO2S/c1-16(2,3)14(9-10-18)17-15(19)12-20-11-13-7-5-4-6-8-13/h4-8,14,18H,9-12H2,1-3H3,(H,17,19). The number of carbonyl (C=O) groups excluding carboxylic acids is 1. The quantitative estimate of drug-likeness (QED) is 0.813. The molecule has 0 bridgehead atoms. The number of benzene rings is 1. The van der Waals surface area contributed by atoms with Crippen LogP contribution in [0.1, 0.15) is 32.8 Å². The van der Waals surface area contributed by atoms with E-state index in [1.165, 1.54) is 5.56 Å². The van der Waals surface area contributed by atoms with Crippen LogP contribution in [0.2, 0.25) is 0 Å². The van der Waals surface area contributed by atoms with Crippen LogP contribution in [0.3, 0.4) is 0 Å². The van der Waals surface area contributed by atoms with Crippen LogP contribution in [0.25, 0.3) is 0 Å². The van der Waals surface area contributed by atoms with Crippen LogP contribution < -0.4 is 5.32 Å². The van der Waals surface area contributed by atoms with Gasteiger partial charge in [0, 0.05) is 18.4 Å². The summed E-state index contributed by atoms with van der Waals surface area (Å²) in [4.78, 5) is 12.0. The zero-order valence-corrected chi connectivity index (χ0v) is 13.4. The van der Waals surface area contributed by atoms with Crippen molar-refractivity contribution in [1.29, 1.82) is 0 Å². The molecule has 1 rings (SSSR count). The van der Waals surface area contributed by atoms with Crippen LogP contribution in [0.4, 0.5) is 0 Å². The molecule has 0 aliphatic rings. The average Bonchev–Trinajstić information content (AvgIpc) is 2.38. The van der Waals surface area contributed by atoms with Crippen LogP contribution in [-0.2, 0) is 10.5 Å². The van der Waals surface area contributed by atoms with E-state index in [0.29, 0.717) is 12.2 Å². The maximum absolute atomic E-state index is 12.0. The Hall–Kier alpha value is -1.00. The molecule has 1 atom stereocenters. The maximum atomic E-state index is 12.0. The molecule has 3 nitrogen and oxygen atoms in total. The largest absolute Gasteiger partial charge is 0.396 e. The van der Waals surface area contributed by atoms with E-state index < -0.39 is 0 Å². The Labute approximate surface area is 126 Å². The third kappa shape index (κ3) is 6.44. The van der Waals surface area contributed by atoms with Crippen molar-refractivity contribution in [1.82, 2.24) is 5.32 Å². The van der Waals surface area contributed by atoms with Gasteiger partial charge < -0.3 is 10.4 Å². The van der Waals surface area contributed by atoms with Crippen molar-refractivity contribution in [2.75, 3.05) is 12.4 Å². The first-order chi connectivity index (χ1) is 9.43. The average molecular weight is 295 g/mol. The Morgan fingerprint density at radius 1 is 1.30 bits per heavy atom. The molecular weight excluding hydrogens is 270 g/mol. The molecule has 0 aromatic heterocycles. The summed E-state index contributed by atoms with van der Waals surface area (Å²) in [6.45, 7) is 6.32. The highest BCUT2D eigenvalue weighted by molar-refractivity contribution is 7.99. The fourth-order valence-corrected chi connectivity index (χ4v) is 2.72. The molecule has 0 aliphatic heterocycles. The minimum absolute atomic E-state index is 0.0114. The van der Waals surface area contributed by atoms with Crippen LogP contribution in [0, 0.1) is 5.41 Å². The molecule has 0 saturated carbocycles. The molecule has 1 amide bonds. The number of carbonyl (C=O) groups is 1. The fourth-order valence-electron chi connectivity index (χ4n) is 1.92. The lowest BCUT2D eigenvalue weighted by Crippen LogP contribution is -2.45. The topological polar surface area (TPSA) is 49.3 Å². The van der Waals surface area contributed by atoms with Gasteiger partial charge in [0.2, 0.25) is 5.91 Å². The Balaban J connectivity index is 2.35. The number of aliphatic hydroxyl groups is 1. The van der Waals surface area contributed by atoms with Gasteiger partial charge in [0.25, 0.3) is 0 Å². The van der Waals surface area contributed by atoms with Crippen molar-refractivity contribution in [3.63, 3.8) is 0 Å². The van der Waals surface area contributed by atoms with Crippen molar-refractivity contribution in [2.45, 2.75) is 39.0 Å². The molecule has 1 aromatic carbocycles. The molecule has 0 spiro atoms. The maximum Gasteiger partial charge on any atom is 0.230 e. The number of hydrogen-bond donors (Lipinski definition) is 2. The van der Waals surface area contributed by atoms with Crippen molar-refractivity contribution >= 4 is 17.7 Å². The fraction of sp³-hybridized carbons (Fsp3) is 0.562. The normalized spacial score (nSPS) is 13.0. The Morgan fingerprint density at radius 2 is 1.95 bits per heavy atom. The second-order valence-electron chi connectivity index (χ2n) is 5.98. The predicted octanol–water partition coefficient (Wildman–Crippen LogP) is 2.83. The smallest absolute Gasteiger partial charge is 0.230 e. The van der Waals surface area contributed by atoms with Gasteiger partial charge >= 0.3 is 0 Å². The number of rotatable bonds is 7. The minimum Gasteiger partial charge on any atom is -0.396 e. The molecule has 2 N–H and O–H groups in total. The first-order valence-corrected chi connectivity index (χ1v) is 8.11. The lowest BCUT2D eigenvalue weighted by Gasteiger charge is -2.31. The molecule has 1 aromatic rings. The lowest BCUT2D eigenvalue weighted by atomic mass is 9.85. The number of nitrogens with one attached hydrogen (secondary N) is 1. The lowest BCUT2D eigenvalue weighted by molar-refractivity contribution is -0.120. The summed E-state index contributed by atoms with van der Waals surface area (Å²) in [5.41, 5.74) is 1.19. The van der Waals surface area contributed by atoms with Crippen LogP contribution in [-0.4, -0.2) is 29.4 Å². The van der Waals surface area contributed by atoms with Gasteiger partial charge in [-0.3, -0.25) is 4.79 Å². The van der Waals surface area contributed by atoms with E-state index in [0.717, 1.165) is 5.75 Å². The molecule has 112 valence electrons. The SMILES string of the molecule is CC(C)(C)C(CCO)NC(=O)CSCc1ccccc1. The molecule has 20 heavy (non-hydrogen) atoms. The van der Waals surface area contributed by atoms with E-state index >= 15 is 0 Å². The van der Waals surface area contributed by atoms with Gasteiger partial charge in [-0.15, -0.1) is 11.8 Å². The van der Waals surface area contributed by atoms with Crippen molar-refractivity contribution in [3.05, 3.63) is 35.9 Å². The molecule has 0 radical (unpaired) electrons. The summed E-state index contributed by atoms with van der Waals surface area (Å²) in [7, 11) is 0. The van der Waals surface area contributed by atoms with Crippen LogP contribution >= 0.6 is 11.8 Å². The van der Waals surface area contributed by atoms with Crippen molar-refractivity contribution in [2.24, 2.45) is 5.41 Å². The molecule has 0 aliphatic carbocycles. The minimum atomic E-state index is -0.0392. The first kappa shape index (κ1) is 17.1. The van der Waals surface area contributed by atoms with Gasteiger partial charge in [0.05, 0.1) is 5.75 Å². The molecule has 4 heteroatoms. The predicted molar refractivity (Wildman–Crippen MR) is 85.7 cm³/mol. The second kappa shape index (κ2) is 8.32. The second-order valence-corrected chi connectivity index (χ2v) is 6.96. The van der Waals surface area contributed by atoms with E-state index in [9.17, 15) is 4.79 Å². The Morgan fingerprint density at radius 3 is 2.50 bits per heavy atom. The van der Waals surface area contributed by atoms with E-state index in [1.54, 1.807) is 11.8 Å². The summed E-state index contributed by atoms with van der Waals surface area (Å²) < 4.78 is 0. The summed E-state index contributed by atoms with van der Waals surface area (Å²) in [6, 6.07) is 10.1. The van der Waals surface area contributed by atoms with Gasteiger partial charge in [-0.05, 0) is 17.4 Å².